The smallest absolute Gasteiger partial charge is 0.329 e. The lowest BCUT2D eigenvalue weighted by Gasteiger charge is -2.22. The van der Waals surface area contributed by atoms with E-state index in [9.17, 15) is 9.59 Å². The fourth-order valence-electron chi connectivity index (χ4n) is 4.45. The number of hydrogen-bond acceptors (Lipinski definition) is 5. The summed E-state index contributed by atoms with van der Waals surface area (Å²) in [5.74, 6) is 0.817. The molecule has 0 unspecified atom stereocenters. The first kappa shape index (κ1) is 21.8. The standard InChI is InChI=1S/C24H30N4O4/c1-5-27-19-14-17(25-23(29)16-9-10-21(31-3)22(13-16)32-4)18(26-11-7-8-12-26)15-20(19)28(6-2)24(27)30/h9-10,13-15H,5-8,11-12H2,1-4H3,(H,25,29). The van der Waals surface area contributed by atoms with Gasteiger partial charge in [0.25, 0.3) is 5.91 Å². The summed E-state index contributed by atoms with van der Waals surface area (Å²) in [6.07, 6.45) is 2.22. The average molecular weight is 439 g/mol. The zero-order valence-electron chi connectivity index (χ0n) is 19.1. The van der Waals surface area contributed by atoms with Crippen molar-refractivity contribution in [3.8, 4) is 11.5 Å². The van der Waals surface area contributed by atoms with Crippen molar-refractivity contribution in [2.45, 2.75) is 39.8 Å². The molecule has 1 saturated heterocycles. The van der Waals surface area contributed by atoms with Gasteiger partial charge >= 0.3 is 5.69 Å². The van der Waals surface area contributed by atoms with E-state index in [2.05, 4.69) is 10.2 Å². The van der Waals surface area contributed by atoms with Crippen molar-refractivity contribution in [1.29, 1.82) is 0 Å². The molecule has 8 nitrogen and oxygen atoms in total. The Morgan fingerprint density at radius 1 is 0.938 bits per heavy atom. The average Bonchev–Trinajstić information content (AvgIpc) is 3.43. The molecule has 2 aromatic carbocycles. The fourth-order valence-corrected chi connectivity index (χ4v) is 4.45. The number of aryl methyl sites for hydroxylation is 2. The number of nitrogens with zero attached hydrogens (tertiary/aromatic N) is 3. The second kappa shape index (κ2) is 8.98. The summed E-state index contributed by atoms with van der Waals surface area (Å²) in [5, 5.41) is 3.08. The molecular weight excluding hydrogens is 408 g/mol. The second-order valence-corrected chi connectivity index (χ2v) is 7.85. The molecule has 1 aliphatic rings. The molecule has 32 heavy (non-hydrogen) atoms. The summed E-state index contributed by atoms with van der Waals surface area (Å²) < 4.78 is 14.2. The molecule has 170 valence electrons. The summed E-state index contributed by atoms with van der Waals surface area (Å²) >= 11 is 0. The molecule has 0 saturated carbocycles. The predicted octanol–water partition coefficient (Wildman–Crippen LogP) is 3.71. The van der Waals surface area contributed by atoms with Crippen LogP contribution >= 0.6 is 0 Å². The van der Waals surface area contributed by atoms with E-state index in [1.165, 1.54) is 0 Å². The molecular formula is C24H30N4O4. The largest absolute Gasteiger partial charge is 0.493 e. The van der Waals surface area contributed by atoms with Gasteiger partial charge in [-0.05, 0) is 57.0 Å². The molecule has 0 atom stereocenters. The summed E-state index contributed by atoms with van der Waals surface area (Å²) in [6.45, 7) is 6.94. The minimum Gasteiger partial charge on any atom is -0.493 e. The Morgan fingerprint density at radius 3 is 2.16 bits per heavy atom. The molecule has 0 aliphatic carbocycles. The maximum absolute atomic E-state index is 13.2. The summed E-state index contributed by atoms with van der Waals surface area (Å²) in [5.41, 5.74) is 3.80. The quantitative estimate of drug-likeness (QED) is 0.608. The SMILES string of the molecule is CCn1c(=O)n(CC)c2cc(N3CCCC3)c(NC(=O)c3ccc(OC)c(OC)c3)cc21. The minimum absolute atomic E-state index is 0.0271. The maximum atomic E-state index is 13.2. The highest BCUT2D eigenvalue weighted by molar-refractivity contribution is 6.07. The van der Waals surface area contributed by atoms with E-state index in [4.69, 9.17) is 9.47 Å². The van der Waals surface area contributed by atoms with Crippen molar-refractivity contribution >= 4 is 28.3 Å². The lowest BCUT2D eigenvalue weighted by Crippen LogP contribution is -2.23. The maximum Gasteiger partial charge on any atom is 0.329 e. The van der Waals surface area contributed by atoms with Gasteiger partial charge < -0.3 is 19.7 Å². The lowest BCUT2D eigenvalue weighted by atomic mass is 10.1. The number of amides is 1. The van der Waals surface area contributed by atoms with Gasteiger partial charge in [0.05, 0.1) is 36.6 Å². The van der Waals surface area contributed by atoms with E-state index in [0.717, 1.165) is 42.7 Å². The second-order valence-electron chi connectivity index (χ2n) is 7.85. The number of nitrogens with one attached hydrogen (secondary N) is 1. The van der Waals surface area contributed by atoms with Crippen LogP contribution in [0.1, 0.15) is 37.0 Å². The van der Waals surface area contributed by atoms with Crippen molar-refractivity contribution in [3.63, 3.8) is 0 Å². The number of ether oxygens (including phenoxy) is 2. The van der Waals surface area contributed by atoms with Crippen LogP contribution in [0.15, 0.2) is 35.1 Å². The third-order valence-corrected chi connectivity index (χ3v) is 6.11. The highest BCUT2D eigenvalue weighted by atomic mass is 16.5. The first-order valence-corrected chi connectivity index (χ1v) is 11.1. The van der Waals surface area contributed by atoms with E-state index >= 15 is 0 Å². The highest BCUT2D eigenvalue weighted by Crippen LogP contribution is 2.34. The van der Waals surface area contributed by atoms with E-state index < -0.39 is 0 Å². The normalized spacial score (nSPS) is 13.6. The molecule has 1 amide bonds. The Kier molecular flexibility index (Phi) is 6.12. The van der Waals surface area contributed by atoms with Crippen LogP contribution in [0.5, 0.6) is 11.5 Å². The van der Waals surface area contributed by atoms with Crippen molar-refractivity contribution < 1.29 is 14.3 Å². The Balaban J connectivity index is 1.80. The van der Waals surface area contributed by atoms with Gasteiger partial charge in [-0.25, -0.2) is 4.79 Å². The van der Waals surface area contributed by atoms with Gasteiger partial charge in [0.2, 0.25) is 0 Å². The number of carbonyl (C=O) groups is 1. The monoisotopic (exact) mass is 438 g/mol. The number of aromatic nitrogens is 2. The predicted molar refractivity (Wildman–Crippen MR) is 126 cm³/mol. The molecule has 3 aromatic rings. The lowest BCUT2D eigenvalue weighted by molar-refractivity contribution is 0.102. The summed E-state index contributed by atoms with van der Waals surface area (Å²) in [6, 6.07) is 9.06. The molecule has 2 heterocycles. The number of rotatable bonds is 7. The van der Waals surface area contributed by atoms with Crippen molar-refractivity contribution in [2.24, 2.45) is 0 Å². The topological polar surface area (TPSA) is 77.7 Å². The summed E-state index contributed by atoms with van der Waals surface area (Å²) in [4.78, 5) is 28.3. The third kappa shape index (κ3) is 3.70. The Labute approximate surface area is 187 Å². The minimum atomic E-state index is -0.244. The van der Waals surface area contributed by atoms with Gasteiger partial charge in [-0.1, -0.05) is 0 Å². The van der Waals surface area contributed by atoms with Crippen LogP contribution in [-0.2, 0) is 13.1 Å². The van der Waals surface area contributed by atoms with Gasteiger partial charge in [-0.3, -0.25) is 13.9 Å². The first-order chi connectivity index (χ1) is 15.5. The number of fused-ring (bicyclic) bond motifs is 1. The Hall–Kier alpha value is -3.42. The molecule has 1 N–H and O–H groups in total. The molecule has 1 aliphatic heterocycles. The van der Waals surface area contributed by atoms with E-state index in [1.54, 1.807) is 41.6 Å². The van der Waals surface area contributed by atoms with Crippen LogP contribution in [-0.4, -0.2) is 42.4 Å². The van der Waals surface area contributed by atoms with E-state index in [1.807, 2.05) is 26.0 Å². The van der Waals surface area contributed by atoms with Crippen LogP contribution in [0.3, 0.4) is 0 Å². The van der Waals surface area contributed by atoms with Crippen LogP contribution in [0.25, 0.3) is 11.0 Å². The van der Waals surface area contributed by atoms with Gasteiger partial charge in [-0.2, -0.15) is 0 Å². The van der Waals surface area contributed by atoms with Crippen LogP contribution in [0, 0.1) is 0 Å². The molecule has 0 radical (unpaired) electrons. The number of imidazole rings is 1. The molecule has 8 heteroatoms. The third-order valence-electron chi connectivity index (χ3n) is 6.11. The number of hydrogen-bond donors (Lipinski definition) is 1. The highest BCUT2D eigenvalue weighted by Gasteiger charge is 2.22. The van der Waals surface area contributed by atoms with Gasteiger partial charge in [0.15, 0.2) is 11.5 Å². The van der Waals surface area contributed by atoms with Crippen molar-refractivity contribution in [3.05, 3.63) is 46.4 Å². The van der Waals surface area contributed by atoms with Gasteiger partial charge in [-0.15, -0.1) is 0 Å². The van der Waals surface area contributed by atoms with Crippen molar-refractivity contribution in [1.82, 2.24) is 9.13 Å². The van der Waals surface area contributed by atoms with E-state index in [-0.39, 0.29) is 11.6 Å². The fraction of sp³-hybridized carbons (Fsp3) is 0.417. The van der Waals surface area contributed by atoms with Crippen LogP contribution in [0.2, 0.25) is 0 Å². The van der Waals surface area contributed by atoms with Crippen LogP contribution in [0.4, 0.5) is 11.4 Å². The Morgan fingerprint density at radius 2 is 1.56 bits per heavy atom. The molecule has 1 fully saturated rings. The van der Waals surface area contributed by atoms with Crippen LogP contribution < -0.4 is 25.4 Å². The van der Waals surface area contributed by atoms with Gasteiger partial charge in [0, 0.05) is 31.7 Å². The number of carbonyl (C=O) groups excluding carboxylic acids is 1. The zero-order valence-corrected chi connectivity index (χ0v) is 19.1. The number of methoxy groups -OCH3 is 2. The molecule has 0 bridgehead atoms. The molecule has 1 aromatic heterocycles. The molecule has 4 rings (SSSR count). The summed E-state index contributed by atoms with van der Waals surface area (Å²) in [7, 11) is 3.10. The Bertz CT molecular complexity index is 1200. The number of benzene rings is 2. The zero-order chi connectivity index (χ0) is 22.8. The first-order valence-electron chi connectivity index (χ1n) is 11.1. The van der Waals surface area contributed by atoms with Gasteiger partial charge in [0.1, 0.15) is 0 Å². The number of anilines is 2. The van der Waals surface area contributed by atoms with Crippen molar-refractivity contribution in [2.75, 3.05) is 37.5 Å². The van der Waals surface area contributed by atoms with E-state index in [0.29, 0.717) is 35.8 Å². The molecule has 0 spiro atoms.